The second-order valence-corrected chi connectivity index (χ2v) is 11.4. The van der Waals surface area contributed by atoms with E-state index in [1.165, 1.54) is 74.1 Å². The maximum absolute atomic E-state index is 9.75. The van der Waals surface area contributed by atoms with E-state index in [0.29, 0.717) is 0 Å². The summed E-state index contributed by atoms with van der Waals surface area (Å²) in [4.78, 5) is 10.2. The number of likely N-dealkylation sites (tertiary alicyclic amines) is 2. The van der Waals surface area contributed by atoms with Crippen LogP contribution in [0, 0.1) is 0 Å². The van der Waals surface area contributed by atoms with Gasteiger partial charge in [0.2, 0.25) is 0 Å². The van der Waals surface area contributed by atoms with Crippen LogP contribution in [0.15, 0.2) is 48.5 Å². The standard InChI is InChI=1S/2C14H20N2.2BF4.2ClH.2Pd/c2*1-15-8-4-7-14(15)11-16-9-12-5-2-3-6-13(12)10-16;2*2-1(3,4)5;;;;/h2*2-3,5-6,14H,4,7-11H2,1H3;;;2*1H;;/q;;2*-1;;;2*+2/p-2/t2*14-;;;;;;/m00....../s1. The summed E-state index contributed by atoms with van der Waals surface area (Å²) in [5, 5.41) is 0. The van der Waals surface area contributed by atoms with Crippen LogP contribution in [-0.4, -0.2) is 86.5 Å². The first-order valence-electron chi connectivity index (χ1n) is 14.6. The van der Waals surface area contributed by atoms with Gasteiger partial charge in [0, 0.05) is 51.4 Å². The fraction of sp³-hybridized carbons (Fsp3) is 0.571. The van der Waals surface area contributed by atoms with Gasteiger partial charge in [-0.05, 0) is 75.1 Å². The molecule has 4 aliphatic heterocycles. The van der Waals surface area contributed by atoms with E-state index >= 15 is 0 Å². The van der Waals surface area contributed by atoms with Crippen LogP contribution in [-0.2, 0) is 62.5 Å². The van der Waals surface area contributed by atoms with E-state index in [9.17, 15) is 34.5 Å². The van der Waals surface area contributed by atoms with Crippen molar-refractivity contribution in [2.75, 3.05) is 40.3 Å². The second kappa shape index (κ2) is 22.5. The van der Waals surface area contributed by atoms with Gasteiger partial charge >= 0.3 is 69.9 Å². The number of hydrogen-bond acceptors (Lipinski definition) is 4. The van der Waals surface area contributed by atoms with E-state index in [4.69, 9.17) is 0 Å². The quantitative estimate of drug-likeness (QED) is 0.227. The average molecular weight is 890 g/mol. The number of fused-ring (bicyclic) bond motifs is 2. The number of benzene rings is 2. The zero-order valence-corrected chi connectivity index (χ0v) is 30.2. The third-order valence-electron chi connectivity index (χ3n) is 8.09. The van der Waals surface area contributed by atoms with Gasteiger partial charge in [0.05, 0.1) is 0 Å². The van der Waals surface area contributed by atoms with Crippen LogP contribution in [0.2, 0.25) is 0 Å². The van der Waals surface area contributed by atoms with Gasteiger partial charge in [-0.2, -0.15) is 0 Å². The summed E-state index contributed by atoms with van der Waals surface area (Å²) in [7, 11) is 1.51. The molecule has 0 N–H and O–H groups in total. The van der Waals surface area contributed by atoms with Crippen LogP contribution in [0.5, 0.6) is 0 Å². The molecule has 2 aromatic carbocycles. The molecule has 0 saturated carbocycles. The molecule has 2 atom stereocenters. The van der Waals surface area contributed by atoms with Gasteiger partial charge in [0.25, 0.3) is 0 Å². The first kappa shape index (κ1) is 43.8. The van der Waals surface area contributed by atoms with E-state index < -0.39 is 14.5 Å². The number of rotatable bonds is 4. The summed E-state index contributed by atoms with van der Waals surface area (Å²) in [6.45, 7) is 9.66. The molecule has 0 aliphatic carbocycles. The van der Waals surface area contributed by atoms with Crippen LogP contribution < -0.4 is 0 Å². The molecular weight excluding hydrogens is 850 g/mol. The first-order valence-corrected chi connectivity index (χ1v) is 18.6. The molecule has 0 aromatic heterocycles. The molecule has 0 unspecified atom stereocenters. The summed E-state index contributed by atoms with van der Waals surface area (Å²) < 4.78 is 78.0. The predicted octanol–water partition coefficient (Wildman–Crippen LogP) is 8.17. The minimum atomic E-state index is -6.00. The van der Waals surface area contributed by atoms with Gasteiger partial charge in [-0.25, -0.2) is 0 Å². The van der Waals surface area contributed by atoms with Gasteiger partial charge in [0.15, 0.2) is 0 Å². The van der Waals surface area contributed by atoms with Gasteiger partial charge in [0.1, 0.15) is 0 Å². The molecule has 0 spiro atoms. The first-order chi connectivity index (χ1) is 21.7. The average Bonchev–Trinajstić information content (AvgIpc) is 3.77. The van der Waals surface area contributed by atoms with E-state index in [-0.39, 0.29) is 0 Å². The molecular formula is C28H40B2Cl2F8N4Pd2. The Bertz CT molecular complexity index is 980. The molecule has 46 heavy (non-hydrogen) atoms. The monoisotopic (exact) mass is 888 g/mol. The van der Waals surface area contributed by atoms with Crippen LogP contribution >= 0.6 is 19.1 Å². The zero-order chi connectivity index (χ0) is 34.9. The van der Waals surface area contributed by atoms with Crippen LogP contribution in [0.3, 0.4) is 0 Å². The second-order valence-electron chi connectivity index (χ2n) is 11.4. The Kier molecular flexibility index (Phi) is 21.4. The van der Waals surface area contributed by atoms with Crippen LogP contribution in [0.1, 0.15) is 47.9 Å². The fourth-order valence-corrected chi connectivity index (χ4v) is 6.08. The Morgan fingerprint density at radius 2 is 0.804 bits per heavy atom. The molecule has 4 nitrogen and oxygen atoms in total. The van der Waals surface area contributed by atoms with Crippen molar-refractivity contribution >= 4 is 33.6 Å². The fourth-order valence-electron chi connectivity index (χ4n) is 6.08. The Morgan fingerprint density at radius 3 is 1.00 bits per heavy atom. The van der Waals surface area contributed by atoms with Gasteiger partial charge < -0.3 is 44.3 Å². The van der Waals surface area contributed by atoms with E-state index in [1.54, 1.807) is 0 Å². The third kappa shape index (κ3) is 18.5. The van der Waals surface area contributed by atoms with Crippen molar-refractivity contribution in [2.24, 2.45) is 0 Å². The molecule has 0 bridgehead atoms. The third-order valence-corrected chi connectivity index (χ3v) is 8.09. The molecule has 4 aliphatic rings. The summed E-state index contributed by atoms with van der Waals surface area (Å²) in [5.41, 5.74) is 6.12. The van der Waals surface area contributed by atoms with E-state index in [2.05, 4.69) is 138 Å². The molecule has 4 heterocycles. The molecule has 268 valence electrons. The Hall–Kier alpha value is -0.245. The van der Waals surface area contributed by atoms with Crippen molar-refractivity contribution in [3.05, 3.63) is 70.8 Å². The number of likely N-dealkylation sites (N-methyl/N-ethyl adjacent to an activating group) is 2. The molecule has 18 heteroatoms. The summed E-state index contributed by atoms with van der Waals surface area (Å²) in [6.07, 6.45) is 5.51. The summed E-state index contributed by atoms with van der Waals surface area (Å²) >= 11 is 4.44. The van der Waals surface area contributed by atoms with Crippen molar-refractivity contribution in [1.82, 2.24) is 19.6 Å². The van der Waals surface area contributed by atoms with E-state index in [0.717, 1.165) is 38.3 Å². The molecule has 0 amide bonds. The molecule has 2 saturated heterocycles. The molecule has 2 fully saturated rings. The number of hydrogen-bond donors (Lipinski definition) is 0. The predicted molar refractivity (Wildman–Crippen MR) is 164 cm³/mol. The Morgan fingerprint density at radius 1 is 0.565 bits per heavy atom. The number of halogens is 10. The zero-order valence-electron chi connectivity index (χ0n) is 25.6. The maximum atomic E-state index is 9.75. The number of nitrogens with zero attached hydrogens (tertiary/aromatic N) is 4. The van der Waals surface area contributed by atoms with Crippen molar-refractivity contribution in [3.63, 3.8) is 0 Å². The molecule has 2 aromatic rings. The van der Waals surface area contributed by atoms with Crippen molar-refractivity contribution < 1.29 is 70.9 Å². The SMILES string of the molecule is CN1CCC[C@H]1CN1Cc2ccccc2C1.CN1CCC[C@H]1CN1Cc2ccccc2C1.F[B-](F)(F)F.F[B-](F)(F)F.[Cl][Pd+].[Cl][Pd+]. The van der Waals surface area contributed by atoms with Crippen molar-refractivity contribution in [1.29, 1.82) is 0 Å². The summed E-state index contributed by atoms with van der Waals surface area (Å²) in [5.74, 6) is 0. The molecule has 0 radical (unpaired) electrons. The van der Waals surface area contributed by atoms with Crippen molar-refractivity contribution in [2.45, 2.75) is 63.9 Å². The summed E-state index contributed by atoms with van der Waals surface area (Å²) in [6, 6.07) is 19.3. The van der Waals surface area contributed by atoms with E-state index in [1.807, 2.05) is 0 Å². The minimum absolute atomic E-state index is 0.786. The van der Waals surface area contributed by atoms with Crippen LogP contribution in [0.4, 0.5) is 34.5 Å². The Balaban J connectivity index is 0.000000331. The van der Waals surface area contributed by atoms with Gasteiger partial charge in [-0.1, -0.05) is 48.5 Å². The topological polar surface area (TPSA) is 13.0 Å². The van der Waals surface area contributed by atoms with Gasteiger partial charge in [-0.3, -0.25) is 9.80 Å². The van der Waals surface area contributed by atoms with Crippen LogP contribution in [0.25, 0.3) is 0 Å². The normalized spacial score (nSPS) is 21.1. The van der Waals surface area contributed by atoms with Crippen molar-refractivity contribution in [3.8, 4) is 0 Å². The molecule has 6 rings (SSSR count). The van der Waals surface area contributed by atoms with Gasteiger partial charge in [-0.15, -0.1) is 0 Å². The Labute approximate surface area is 297 Å².